The molecule has 0 saturated carbocycles. The largest absolute Gasteiger partial charge is 0.479 e. The van der Waals surface area contributed by atoms with Gasteiger partial charge in [0, 0.05) is 23.6 Å². The molecule has 2 N–H and O–H groups in total. The molecule has 1 saturated heterocycles. The van der Waals surface area contributed by atoms with Gasteiger partial charge in [-0.3, -0.25) is 10.1 Å². The van der Waals surface area contributed by atoms with E-state index in [1.807, 2.05) is 12.1 Å². The molecule has 1 heterocycles. The number of rotatable bonds is 7. The number of carbonyl (C=O) groups is 2. The first kappa shape index (κ1) is 29.7. The smallest absolute Gasteiger partial charge is 0.342 e. The zero-order valence-corrected chi connectivity index (χ0v) is 22.3. The summed E-state index contributed by atoms with van der Waals surface area (Å²) in [5.74, 6) is -3.57. The molecule has 0 aromatic heterocycles. The number of non-ortho nitro benzene ring substituents is 1. The summed E-state index contributed by atoms with van der Waals surface area (Å²) in [6.07, 6.45) is 5.71. The van der Waals surface area contributed by atoms with Gasteiger partial charge in [-0.15, -0.1) is 0 Å². The quantitative estimate of drug-likeness (QED) is 0.290. The van der Waals surface area contributed by atoms with Crippen molar-refractivity contribution in [1.82, 2.24) is 4.90 Å². The third-order valence-corrected chi connectivity index (χ3v) is 8.23. The Bertz CT molecular complexity index is 1360. The van der Waals surface area contributed by atoms with Gasteiger partial charge in [0.2, 0.25) is 5.60 Å². The Kier molecular flexibility index (Phi) is 9.38. The van der Waals surface area contributed by atoms with Crippen molar-refractivity contribution in [3.8, 4) is 0 Å². The second kappa shape index (κ2) is 12.3. The van der Waals surface area contributed by atoms with Gasteiger partial charge in [-0.1, -0.05) is 49.4 Å². The lowest BCUT2D eigenvalue weighted by Gasteiger charge is -2.33. The molecule has 11 nitrogen and oxygen atoms in total. The number of aliphatic carboxylic acids is 2. The number of carboxylic acids is 2. The van der Waals surface area contributed by atoms with E-state index in [-0.39, 0.29) is 21.1 Å². The van der Waals surface area contributed by atoms with Crippen LogP contribution in [-0.4, -0.2) is 66.1 Å². The predicted octanol–water partition coefficient (Wildman–Crippen LogP) is 3.84. The molecule has 1 aliphatic carbocycles. The molecule has 4 rings (SSSR count). The fourth-order valence-electron chi connectivity index (χ4n) is 4.49. The third kappa shape index (κ3) is 6.96. The van der Waals surface area contributed by atoms with Gasteiger partial charge in [0.25, 0.3) is 15.8 Å². The van der Waals surface area contributed by atoms with Crippen molar-refractivity contribution in [2.45, 2.75) is 36.2 Å². The van der Waals surface area contributed by atoms with E-state index in [9.17, 15) is 33.2 Å². The minimum atomic E-state index is -4.40. The van der Waals surface area contributed by atoms with Crippen LogP contribution in [0.15, 0.2) is 83.3 Å². The Balaban J connectivity index is 0.000000230. The van der Waals surface area contributed by atoms with Crippen LogP contribution in [-0.2, 0) is 23.9 Å². The molecule has 39 heavy (non-hydrogen) atoms. The molecule has 12 heteroatoms. The van der Waals surface area contributed by atoms with Crippen LogP contribution >= 0.6 is 0 Å². The molecule has 0 bridgehead atoms. The Hall–Kier alpha value is -3.87. The molecule has 208 valence electrons. The van der Waals surface area contributed by atoms with Crippen molar-refractivity contribution in [3.63, 3.8) is 0 Å². The summed E-state index contributed by atoms with van der Waals surface area (Å²) < 4.78 is 29.7. The van der Waals surface area contributed by atoms with E-state index in [1.54, 1.807) is 18.2 Å². The Morgan fingerprint density at radius 2 is 1.64 bits per heavy atom. The van der Waals surface area contributed by atoms with Gasteiger partial charge in [0.15, 0.2) is 0 Å². The van der Waals surface area contributed by atoms with Gasteiger partial charge in [-0.05, 0) is 62.7 Å². The predicted molar refractivity (Wildman–Crippen MR) is 142 cm³/mol. The highest BCUT2D eigenvalue weighted by Gasteiger charge is 2.50. The van der Waals surface area contributed by atoms with Gasteiger partial charge in [-0.25, -0.2) is 13.8 Å². The fraction of sp³-hybridized carbons (Fsp3) is 0.333. The van der Waals surface area contributed by atoms with Gasteiger partial charge < -0.3 is 15.1 Å². The van der Waals surface area contributed by atoms with E-state index in [2.05, 4.69) is 11.9 Å². The molecule has 2 aliphatic rings. The van der Waals surface area contributed by atoms with Gasteiger partial charge in [0.05, 0.1) is 9.82 Å². The number of nitrogens with zero attached hydrogens (tertiary/aromatic N) is 2. The van der Waals surface area contributed by atoms with E-state index in [0.717, 1.165) is 38.1 Å². The third-order valence-electron chi connectivity index (χ3n) is 6.88. The summed E-state index contributed by atoms with van der Waals surface area (Å²) in [6.45, 7) is 3.52. The van der Waals surface area contributed by atoms with Crippen LogP contribution in [0.25, 0.3) is 0 Å². The molecular weight excluding hydrogens is 528 g/mol. The highest BCUT2D eigenvalue weighted by atomic mass is 32.2. The number of benzene rings is 2. The average molecular weight is 559 g/mol. The molecule has 1 fully saturated rings. The molecular formula is C27H30N2O9S. The van der Waals surface area contributed by atoms with Crippen molar-refractivity contribution in [2.24, 2.45) is 5.92 Å². The van der Waals surface area contributed by atoms with Crippen LogP contribution in [0.3, 0.4) is 0 Å². The Labute approximate surface area is 226 Å². The standard InChI is InChI=1S/C15H14O7S.C12H16N2O2/c1-10-12(13(16)17)8-5-9-15(10,14(18)19)22-23(20,21)11-6-3-2-4-7-11;1-13-8-6-11(7-9-13)10-2-4-12(5-3-10)14(15)16/h2-10H,1H3,(H,16,17)(H,18,19);2-5,11H,6-9H2,1H3. The summed E-state index contributed by atoms with van der Waals surface area (Å²) in [4.78, 5) is 35.2. The van der Waals surface area contributed by atoms with Crippen LogP contribution in [0.5, 0.6) is 0 Å². The maximum atomic E-state index is 12.3. The molecule has 0 radical (unpaired) electrons. The Morgan fingerprint density at radius 1 is 1.05 bits per heavy atom. The SMILES string of the molecule is CC1C(C(=O)O)=CC=CC1(OS(=O)(=O)c1ccccc1)C(=O)O.CN1CCC(c2ccc([N+](=O)[O-])cc2)CC1. The number of hydrogen-bond donors (Lipinski definition) is 2. The maximum absolute atomic E-state index is 12.3. The molecule has 1 aliphatic heterocycles. The molecule has 0 spiro atoms. The monoisotopic (exact) mass is 558 g/mol. The van der Waals surface area contributed by atoms with Gasteiger partial charge in [0.1, 0.15) is 0 Å². The van der Waals surface area contributed by atoms with Crippen molar-refractivity contribution < 1.29 is 37.3 Å². The van der Waals surface area contributed by atoms with Crippen LogP contribution in [0.4, 0.5) is 5.69 Å². The lowest BCUT2D eigenvalue weighted by molar-refractivity contribution is -0.384. The zero-order valence-electron chi connectivity index (χ0n) is 21.5. The van der Waals surface area contributed by atoms with Crippen LogP contribution in [0.2, 0.25) is 0 Å². The van der Waals surface area contributed by atoms with E-state index in [4.69, 9.17) is 9.29 Å². The number of nitro benzene ring substituents is 1. The summed E-state index contributed by atoms with van der Waals surface area (Å²) in [7, 11) is -2.27. The normalized spacial score (nSPS) is 21.8. The molecule has 2 unspecified atom stereocenters. The summed E-state index contributed by atoms with van der Waals surface area (Å²) in [6, 6.07) is 14.1. The highest BCUT2D eigenvalue weighted by Crippen LogP contribution is 2.36. The number of carboxylic acid groups (broad SMARTS) is 2. The number of allylic oxidation sites excluding steroid dienone is 2. The molecule has 2 atom stereocenters. The first-order chi connectivity index (χ1) is 18.4. The first-order valence-electron chi connectivity index (χ1n) is 12.2. The lowest BCUT2D eigenvalue weighted by atomic mass is 9.79. The molecule has 2 aromatic carbocycles. The second-order valence-electron chi connectivity index (χ2n) is 9.38. The second-order valence-corrected chi connectivity index (χ2v) is 10.9. The molecule has 2 aromatic rings. The van der Waals surface area contributed by atoms with E-state index < -0.39 is 33.6 Å². The van der Waals surface area contributed by atoms with Crippen LogP contribution < -0.4 is 0 Å². The first-order valence-corrected chi connectivity index (χ1v) is 13.6. The summed E-state index contributed by atoms with van der Waals surface area (Å²) in [5, 5.41) is 29.2. The highest BCUT2D eigenvalue weighted by molar-refractivity contribution is 7.86. The summed E-state index contributed by atoms with van der Waals surface area (Å²) >= 11 is 0. The van der Waals surface area contributed by atoms with E-state index in [1.165, 1.54) is 42.8 Å². The van der Waals surface area contributed by atoms with Crippen molar-refractivity contribution >= 4 is 27.7 Å². The van der Waals surface area contributed by atoms with E-state index in [0.29, 0.717) is 5.92 Å². The minimum Gasteiger partial charge on any atom is -0.479 e. The van der Waals surface area contributed by atoms with Gasteiger partial charge in [-0.2, -0.15) is 8.42 Å². The van der Waals surface area contributed by atoms with Gasteiger partial charge >= 0.3 is 11.9 Å². The number of hydrogen-bond acceptors (Lipinski definition) is 8. The maximum Gasteiger partial charge on any atom is 0.342 e. The molecule has 0 amide bonds. The lowest BCUT2D eigenvalue weighted by Crippen LogP contribution is -2.49. The zero-order chi connectivity index (χ0) is 28.8. The van der Waals surface area contributed by atoms with Crippen molar-refractivity contribution in [3.05, 3.63) is 94.1 Å². The van der Waals surface area contributed by atoms with Crippen LogP contribution in [0.1, 0.15) is 31.2 Å². The minimum absolute atomic E-state index is 0.177. The fourth-order valence-corrected chi connectivity index (χ4v) is 5.71. The average Bonchev–Trinajstić information content (AvgIpc) is 2.91. The topological polar surface area (TPSA) is 164 Å². The van der Waals surface area contributed by atoms with E-state index >= 15 is 0 Å². The van der Waals surface area contributed by atoms with Crippen molar-refractivity contribution in [1.29, 1.82) is 0 Å². The number of likely N-dealkylation sites (tertiary alicyclic amines) is 1. The number of piperidine rings is 1. The Morgan fingerprint density at radius 3 is 2.15 bits per heavy atom. The number of nitro groups is 1. The van der Waals surface area contributed by atoms with Crippen LogP contribution in [0, 0.1) is 16.0 Å². The summed E-state index contributed by atoms with van der Waals surface area (Å²) in [5.41, 5.74) is -1.16. The van der Waals surface area contributed by atoms with Crippen molar-refractivity contribution in [2.75, 3.05) is 20.1 Å².